The molecule has 2 fully saturated rings. The molecule has 1 aromatic heterocycles. The van der Waals surface area contributed by atoms with E-state index in [0.29, 0.717) is 11.4 Å². The van der Waals surface area contributed by atoms with Crippen molar-refractivity contribution in [2.45, 2.75) is 70.6 Å². The number of aromatic nitrogens is 2. The van der Waals surface area contributed by atoms with Crippen LogP contribution in [0.5, 0.6) is 5.88 Å². The van der Waals surface area contributed by atoms with E-state index in [0.717, 1.165) is 25.7 Å². The lowest BCUT2D eigenvalue weighted by atomic mass is 10.1. The van der Waals surface area contributed by atoms with Gasteiger partial charge in [-0.1, -0.05) is 30.3 Å². The molecule has 12 heteroatoms. The largest absolute Gasteiger partial charge is 0.481 e. The third kappa shape index (κ3) is 7.92. The van der Waals surface area contributed by atoms with Crippen LogP contribution in [0.1, 0.15) is 62.9 Å². The van der Waals surface area contributed by atoms with Crippen molar-refractivity contribution in [2.75, 3.05) is 26.2 Å². The van der Waals surface area contributed by atoms with E-state index in [1.807, 2.05) is 30.3 Å². The van der Waals surface area contributed by atoms with Crippen LogP contribution in [0.25, 0.3) is 11.4 Å². The Kier molecular flexibility index (Phi) is 10.1. The number of nitrogens with zero attached hydrogens (tertiary/aromatic N) is 4. The highest BCUT2D eigenvalue weighted by Gasteiger charge is 2.34. The summed E-state index contributed by atoms with van der Waals surface area (Å²) >= 11 is 0. The zero-order valence-corrected chi connectivity index (χ0v) is 23.5. The average Bonchev–Trinajstić information content (AvgIpc) is 3.48. The minimum absolute atomic E-state index is 0.00425. The Morgan fingerprint density at radius 2 is 1.83 bits per heavy atom. The Hall–Kier alpha value is -4.22. The molecule has 2 unspecified atom stereocenters. The summed E-state index contributed by atoms with van der Waals surface area (Å²) in [4.78, 5) is 62.7. The predicted octanol–water partition coefficient (Wildman–Crippen LogP) is 3.12. The average molecular weight is 568 g/mol. The van der Waals surface area contributed by atoms with Gasteiger partial charge in [-0.3, -0.25) is 14.4 Å². The van der Waals surface area contributed by atoms with Crippen molar-refractivity contribution in [3.63, 3.8) is 0 Å². The third-order valence-corrected chi connectivity index (χ3v) is 7.25. The van der Waals surface area contributed by atoms with Crippen LogP contribution in [-0.2, 0) is 14.3 Å². The second kappa shape index (κ2) is 13.9. The summed E-state index contributed by atoms with van der Waals surface area (Å²) in [5.74, 6) is -1.56. The summed E-state index contributed by atoms with van der Waals surface area (Å²) in [6, 6.07) is 9.24. The Bertz CT molecular complexity index is 1240. The minimum Gasteiger partial charge on any atom is -0.481 e. The van der Waals surface area contributed by atoms with E-state index < -0.39 is 29.9 Å². The van der Waals surface area contributed by atoms with Gasteiger partial charge in [0.05, 0.1) is 6.61 Å². The van der Waals surface area contributed by atoms with E-state index in [4.69, 9.17) is 9.47 Å². The van der Waals surface area contributed by atoms with Crippen molar-refractivity contribution in [3.05, 3.63) is 42.1 Å². The molecule has 2 atom stereocenters. The van der Waals surface area contributed by atoms with Crippen LogP contribution in [-0.4, -0.2) is 93.2 Å². The number of carboxylic acid groups (broad SMARTS) is 1. The maximum Gasteiger partial charge on any atom is 0.410 e. The minimum atomic E-state index is -1.10. The summed E-state index contributed by atoms with van der Waals surface area (Å²) in [6.07, 6.45) is 3.07. The summed E-state index contributed by atoms with van der Waals surface area (Å²) in [7, 11) is 0. The van der Waals surface area contributed by atoms with Crippen LogP contribution >= 0.6 is 0 Å². The number of piperazine rings is 1. The fourth-order valence-electron chi connectivity index (χ4n) is 5.11. The molecule has 4 rings (SSSR count). The van der Waals surface area contributed by atoms with Crippen LogP contribution in [0.15, 0.2) is 36.4 Å². The number of nitrogens with one attached hydrogen (secondary N) is 1. The molecule has 1 aliphatic carbocycles. The quantitative estimate of drug-likeness (QED) is 0.441. The van der Waals surface area contributed by atoms with Crippen molar-refractivity contribution in [2.24, 2.45) is 0 Å². The molecule has 41 heavy (non-hydrogen) atoms. The fourth-order valence-corrected chi connectivity index (χ4v) is 5.11. The van der Waals surface area contributed by atoms with Crippen molar-refractivity contribution in [1.82, 2.24) is 25.1 Å². The highest BCUT2D eigenvalue weighted by Crippen LogP contribution is 2.25. The topological polar surface area (TPSA) is 151 Å². The van der Waals surface area contributed by atoms with E-state index in [1.54, 1.807) is 18.7 Å². The van der Waals surface area contributed by atoms with Crippen molar-refractivity contribution in [3.8, 4) is 17.3 Å². The van der Waals surface area contributed by atoms with E-state index >= 15 is 0 Å². The molecule has 1 aromatic carbocycles. The summed E-state index contributed by atoms with van der Waals surface area (Å²) in [6.45, 7) is 4.49. The van der Waals surface area contributed by atoms with Gasteiger partial charge in [-0.25, -0.2) is 9.78 Å². The first-order chi connectivity index (χ1) is 19.7. The van der Waals surface area contributed by atoms with Gasteiger partial charge in [-0.2, -0.15) is 4.98 Å². The normalized spacial score (nSPS) is 18.0. The van der Waals surface area contributed by atoms with E-state index in [1.165, 1.54) is 11.0 Å². The number of carbonyl (C=O) groups excluding carboxylic acids is 3. The van der Waals surface area contributed by atoms with Crippen LogP contribution in [0.4, 0.5) is 4.79 Å². The Labute approximate surface area is 239 Å². The van der Waals surface area contributed by atoms with Gasteiger partial charge >= 0.3 is 12.1 Å². The lowest BCUT2D eigenvalue weighted by Gasteiger charge is -2.40. The maximum atomic E-state index is 13.5. The van der Waals surface area contributed by atoms with Gasteiger partial charge in [0, 0.05) is 43.7 Å². The lowest BCUT2D eigenvalue weighted by molar-refractivity contribution is -0.138. The molecule has 1 aliphatic heterocycles. The number of carboxylic acids is 1. The molecule has 2 aromatic rings. The van der Waals surface area contributed by atoms with E-state index in [9.17, 15) is 24.3 Å². The molecule has 2 heterocycles. The summed E-state index contributed by atoms with van der Waals surface area (Å²) < 4.78 is 11.2. The van der Waals surface area contributed by atoms with Gasteiger partial charge in [-0.05, 0) is 46.0 Å². The number of aliphatic carboxylic acids is 1. The molecule has 12 nitrogen and oxygen atoms in total. The SMILES string of the molecule is CCOC(=O)N1CCN(C(=O)C(CCC(=O)O)NC(=O)c2cc(OC3CCCC3)nc(-c3ccccc3)n2)CC1C. The molecule has 3 amide bonds. The molecule has 220 valence electrons. The van der Waals surface area contributed by atoms with Gasteiger partial charge in [0.15, 0.2) is 5.82 Å². The zero-order chi connectivity index (χ0) is 29.4. The molecule has 0 bridgehead atoms. The Morgan fingerprint density at radius 3 is 2.49 bits per heavy atom. The molecule has 0 radical (unpaired) electrons. The number of ether oxygens (including phenoxy) is 2. The smallest absolute Gasteiger partial charge is 0.410 e. The molecule has 0 spiro atoms. The van der Waals surface area contributed by atoms with E-state index in [-0.39, 0.29) is 62.8 Å². The third-order valence-electron chi connectivity index (χ3n) is 7.25. The number of hydrogen-bond acceptors (Lipinski definition) is 8. The van der Waals surface area contributed by atoms with Crippen molar-refractivity contribution in [1.29, 1.82) is 0 Å². The first-order valence-corrected chi connectivity index (χ1v) is 14.1. The first-order valence-electron chi connectivity index (χ1n) is 14.1. The molecular weight excluding hydrogens is 530 g/mol. The standard InChI is InChI=1S/C29H37N5O7/c1-3-40-29(39)34-16-15-33(18-19(34)2)28(38)22(13-14-25(35)36)31-27(37)23-17-24(41-21-11-7-8-12-21)32-26(30-23)20-9-5-4-6-10-20/h4-6,9-10,17,19,21-22H,3,7-8,11-16,18H2,1-2H3,(H,31,37)(H,35,36). The van der Waals surface area contributed by atoms with Gasteiger partial charge in [0.1, 0.15) is 17.8 Å². The lowest BCUT2D eigenvalue weighted by Crippen LogP contribution is -2.59. The van der Waals surface area contributed by atoms with Gasteiger partial charge in [0.2, 0.25) is 11.8 Å². The number of carbonyl (C=O) groups is 4. The van der Waals surface area contributed by atoms with Gasteiger partial charge in [0.25, 0.3) is 5.91 Å². The number of rotatable bonds is 10. The highest BCUT2D eigenvalue weighted by molar-refractivity contribution is 5.96. The second-order valence-corrected chi connectivity index (χ2v) is 10.3. The zero-order valence-electron chi connectivity index (χ0n) is 23.5. The molecular formula is C29H37N5O7. The maximum absolute atomic E-state index is 13.5. The molecule has 2 N–H and O–H groups in total. The van der Waals surface area contributed by atoms with Crippen molar-refractivity contribution >= 4 is 23.9 Å². The number of benzene rings is 1. The molecule has 1 saturated heterocycles. The van der Waals surface area contributed by atoms with Gasteiger partial charge in [-0.15, -0.1) is 0 Å². The van der Waals surface area contributed by atoms with Crippen LogP contribution in [0.2, 0.25) is 0 Å². The number of hydrogen-bond donors (Lipinski definition) is 2. The molecule has 2 aliphatic rings. The first kappa shape index (κ1) is 29.8. The Balaban J connectivity index is 1.54. The van der Waals surface area contributed by atoms with Crippen LogP contribution < -0.4 is 10.1 Å². The fraction of sp³-hybridized carbons (Fsp3) is 0.517. The van der Waals surface area contributed by atoms with Crippen LogP contribution in [0.3, 0.4) is 0 Å². The summed E-state index contributed by atoms with van der Waals surface area (Å²) in [5, 5.41) is 12.0. The van der Waals surface area contributed by atoms with Crippen molar-refractivity contribution < 1.29 is 33.8 Å². The predicted molar refractivity (Wildman–Crippen MR) is 148 cm³/mol. The highest BCUT2D eigenvalue weighted by atomic mass is 16.6. The van der Waals surface area contributed by atoms with Gasteiger partial charge < -0.3 is 29.7 Å². The monoisotopic (exact) mass is 567 g/mol. The van der Waals surface area contributed by atoms with E-state index in [2.05, 4.69) is 15.3 Å². The number of amides is 3. The van der Waals surface area contributed by atoms with Crippen LogP contribution in [0, 0.1) is 0 Å². The summed E-state index contributed by atoms with van der Waals surface area (Å²) in [5.41, 5.74) is 0.714. The molecule has 1 saturated carbocycles. The Morgan fingerprint density at radius 1 is 1.10 bits per heavy atom. The second-order valence-electron chi connectivity index (χ2n) is 10.3.